The Morgan fingerprint density at radius 2 is 2.00 bits per heavy atom. The van der Waals surface area contributed by atoms with E-state index in [0.29, 0.717) is 5.78 Å². The molecule has 0 unspecified atom stereocenters. The van der Waals surface area contributed by atoms with Gasteiger partial charge in [-0.1, -0.05) is 31.7 Å². The van der Waals surface area contributed by atoms with E-state index < -0.39 is 0 Å². The van der Waals surface area contributed by atoms with Gasteiger partial charge in [0.15, 0.2) is 0 Å². The van der Waals surface area contributed by atoms with Gasteiger partial charge in [0.1, 0.15) is 5.78 Å². The molecule has 1 N–H and O–H groups in total. The molecule has 1 saturated carbocycles. The first-order valence-corrected chi connectivity index (χ1v) is 4.69. The number of allylic oxidation sites excluding steroid dienone is 2. The van der Waals surface area contributed by atoms with Crippen molar-refractivity contribution in [2.75, 3.05) is 7.05 Å². The molecule has 0 saturated heterocycles. The molecule has 74 valence electrons. The molecule has 0 bridgehead atoms. The van der Waals surface area contributed by atoms with Crippen molar-refractivity contribution < 1.29 is 4.79 Å². The molecule has 0 heterocycles. The molecule has 0 aliphatic heterocycles. The number of carbonyl (C=O) groups is 1. The fourth-order valence-corrected chi connectivity index (χ4v) is 1.29. The largest absolute Gasteiger partial charge is 0.311 e. The molecule has 0 radical (unpaired) electrons. The molecule has 2 nitrogen and oxygen atoms in total. The molecule has 1 aliphatic carbocycles. The van der Waals surface area contributed by atoms with E-state index in [-0.39, 0.29) is 6.04 Å². The van der Waals surface area contributed by atoms with Gasteiger partial charge in [-0.2, -0.15) is 0 Å². The number of nitrogens with one attached hydrogen (secondary N) is 1. The van der Waals surface area contributed by atoms with Crippen LogP contribution in [-0.4, -0.2) is 18.9 Å². The van der Waals surface area contributed by atoms with Crippen LogP contribution < -0.4 is 5.32 Å². The van der Waals surface area contributed by atoms with E-state index in [1.807, 2.05) is 7.05 Å². The number of rotatable bonds is 2. The van der Waals surface area contributed by atoms with Gasteiger partial charge in [-0.05, 0) is 19.9 Å². The third-order valence-electron chi connectivity index (χ3n) is 2.07. The summed E-state index contributed by atoms with van der Waals surface area (Å²) in [7, 11) is 1.86. The average Bonchev–Trinajstić information content (AvgIpc) is 2.19. The Bertz CT molecular complexity index is 169. The Kier molecular flexibility index (Phi) is 7.21. The van der Waals surface area contributed by atoms with Gasteiger partial charge in [-0.25, -0.2) is 0 Å². The highest BCUT2D eigenvalue weighted by Gasteiger charge is 2.19. The van der Waals surface area contributed by atoms with E-state index >= 15 is 0 Å². The molecule has 0 aromatic heterocycles. The SMILES string of the molecule is C=CC=C.CN[C@H]1CCCCC1=O. The number of likely N-dealkylation sites (N-methyl/N-ethyl adjacent to an activating group) is 1. The van der Waals surface area contributed by atoms with Crippen LogP contribution in [0.2, 0.25) is 0 Å². The molecule has 1 atom stereocenters. The molecular weight excluding hydrogens is 162 g/mol. The Labute approximate surface area is 80.7 Å². The molecule has 13 heavy (non-hydrogen) atoms. The minimum atomic E-state index is 0.166. The fourth-order valence-electron chi connectivity index (χ4n) is 1.29. The van der Waals surface area contributed by atoms with Crippen LogP contribution in [0, 0.1) is 0 Å². The van der Waals surface area contributed by atoms with E-state index in [4.69, 9.17) is 0 Å². The highest BCUT2D eigenvalue weighted by atomic mass is 16.1. The van der Waals surface area contributed by atoms with Gasteiger partial charge in [0.25, 0.3) is 0 Å². The lowest BCUT2D eigenvalue weighted by molar-refractivity contribution is -0.122. The monoisotopic (exact) mass is 181 g/mol. The van der Waals surface area contributed by atoms with Gasteiger partial charge in [0, 0.05) is 6.42 Å². The van der Waals surface area contributed by atoms with E-state index in [1.54, 1.807) is 12.2 Å². The van der Waals surface area contributed by atoms with Gasteiger partial charge in [0.2, 0.25) is 0 Å². The third-order valence-corrected chi connectivity index (χ3v) is 2.07. The molecule has 1 aliphatic rings. The predicted molar refractivity (Wildman–Crippen MR) is 56.7 cm³/mol. The summed E-state index contributed by atoms with van der Waals surface area (Å²) in [4.78, 5) is 11.0. The van der Waals surface area contributed by atoms with Crippen LogP contribution >= 0.6 is 0 Å². The molecule has 1 rings (SSSR count). The van der Waals surface area contributed by atoms with Crippen LogP contribution in [0.4, 0.5) is 0 Å². The van der Waals surface area contributed by atoms with Crippen LogP contribution in [0.1, 0.15) is 25.7 Å². The van der Waals surface area contributed by atoms with Crippen molar-refractivity contribution in [1.29, 1.82) is 0 Å². The number of hydrogen-bond donors (Lipinski definition) is 1. The molecule has 0 aromatic rings. The lowest BCUT2D eigenvalue weighted by atomic mass is 9.94. The summed E-state index contributed by atoms with van der Waals surface area (Å²) in [6, 6.07) is 0.166. The number of ketones is 1. The molecule has 2 heteroatoms. The van der Waals surface area contributed by atoms with Crippen LogP contribution in [-0.2, 0) is 4.79 Å². The number of Topliss-reactive ketones (excluding diaryl/α,β-unsaturated/α-hetero) is 1. The average molecular weight is 181 g/mol. The van der Waals surface area contributed by atoms with Gasteiger partial charge >= 0.3 is 0 Å². The Morgan fingerprint density at radius 3 is 2.31 bits per heavy atom. The van der Waals surface area contributed by atoms with Crippen molar-refractivity contribution in [3.05, 3.63) is 25.3 Å². The zero-order valence-electron chi connectivity index (χ0n) is 8.38. The zero-order chi connectivity index (χ0) is 10.1. The molecule has 0 spiro atoms. The van der Waals surface area contributed by atoms with E-state index in [0.717, 1.165) is 19.3 Å². The summed E-state index contributed by atoms with van der Waals surface area (Å²) in [5.74, 6) is 0.392. The minimum absolute atomic E-state index is 0.166. The van der Waals surface area contributed by atoms with E-state index in [1.165, 1.54) is 6.42 Å². The summed E-state index contributed by atoms with van der Waals surface area (Å²) >= 11 is 0. The van der Waals surface area contributed by atoms with Crippen molar-refractivity contribution in [3.8, 4) is 0 Å². The van der Waals surface area contributed by atoms with Crippen molar-refractivity contribution in [1.82, 2.24) is 5.32 Å². The van der Waals surface area contributed by atoms with Crippen molar-refractivity contribution in [3.63, 3.8) is 0 Å². The highest BCUT2D eigenvalue weighted by molar-refractivity contribution is 5.84. The van der Waals surface area contributed by atoms with Gasteiger partial charge in [-0.3, -0.25) is 4.79 Å². The quantitative estimate of drug-likeness (QED) is 0.661. The maximum Gasteiger partial charge on any atom is 0.149 e. The number of hydrogen-bond acceptors (Lipinski definition) is 2. The van der Waals surface area contributed by atoms with Crippen LogP contribution in [0.5, 0.6) is 0 Å². The lowest BCUT2D eigenvalue weighted by Gasteiger charge is -2.18. The Balaban J connectivity index is 0.000000310. The smallest absolute Gasteiger partial charge is 0.149 e. The standard InChI is InChI=1S/C7H13NO.C4H6/c1-8-6-4-2-3-5-7(6)9;1-3-4-2/h6,8H,2-5H2,1H3;3-4H,1-2H2/t6-;/m0./s1. The Hall–Kier alpha value is -0.890. The Morgan fingerprint density at radius 1 is 1.38 bits per heavy atom. The maximum absolute atomic E-state index is 11.0. The summed E-state index contributed by atoms with van der Waals surface area (Å²) in [5, 5.41) is 3.00. The van der Waals surface area contributed by atoms with Gasteiger partial charge in [-0.15, -0.1) is 0 Å². The van der Waals surface area contributed by atoms with E-state index in [9.17, 15) is 4.79 Å². The van der Waals surface area contributed by atoms with Crippen molar-refractivity contribution in [2.24, 2.45) is 0 Å². The van der Waals surface area contributed by atoms with Gasteiger partial charge in [0.05, 0.1) is 6.04 Å². The molecule has 0 amide bonds. The molecule has 1 fully saturated rings. The van der Waals surface area contributed by atoms with E-state index in [2.05, 4.69) is 18.5 Å². The fraction of sp³-hybridized carbons (Fsp3) is 0.545. The lowest BCUT2D eigenvalue weighted by Crippen LogP contribution is -2.36. The molecule has 0 aromatic carbocycles. The second kappa shape index (κ2) is 7.74. The second-order valence-electron chi connectivity index (χ2n) is 3.02. The van der Waals surface area contributed by atoms with Crippen LogP contribution in [0.15, 0.2) is 25.3 Å². The minimum Gasteiger partial charge on any atom is -0.311 e. The highest BCUT2D eigenvalue weighted by Crippen LogP contribution is 2.13. The summed E-state index contributed by atoms with van der Waals surface area (Å²) in [6.07, 6.45) is 7.40. The van der Waals surface area contributed by atoms with Crippen molar-refractivity contribution in [2.45, 2.75) is 31.7 Å². The number of carbonyl (C=O) groups excluding carboxylic acids is 1. The summed E-state index contributed by atoms with van der Waals surface area (Å²) < 4.78 is 0. The summed E-state index contributed by atoms with van der Waals surface area (Å²) in [6.45, 7) is 6.72. The first kappa shape index (κ1) is 12.1. The first-order chi connectivity index (χ1) is 6.26. The van der Waals surface area contributed by atoms with Crippen LogP contribution in [0.3, 0.4) is 0 Å². The molecular formula is C11H19NO. The summed E-state index contributed by atoms with van der Waals surface area (Å²) in [5.41, 5.74) is 0. The third kappa shape index (κ3) is 5.36. The van der Waals surface area contributed by atoms with Gasteiger partial charge < -0.3 is 5.32 Å². The van der Waals surface area contributed by atoms with Crippen LogP contribution in [0.25, 0.3) is 0 Å². The van der Waals surface area contributed by atoms with Crippen molar-refractivity contribution >= 4 is 5.78 Å². The predicted octanol–water partition coefficient (Wildman–Crippen LogP) is 2.08. The zero-order valence-corrected chi connectivity index (χ0v) is 8.38. The topological polar surface area (TPSA) is 29.1 Å². The second-order valence-corrected chi connectivity index (χ2v) is 3.02. The normalized spacial score (nSPS) is 21.3. The maximum atomic E-state index is 11.0. The first-order valence-electron chi connectivity index (χ1n) is 4.69.